The molecule has 2 heterocycles. The first-order chi connectivity index (χ1) is 18.8. The zero-order valence-corrected chi connectivity index (χ0v) is 21.8. The monoisotopic (exact) mass is 550 g/mol. The summed E-state index contributed by atoms with van der Waals surface area (Å²) < 4.78 is 22.4. The number of benzene rings is 3. The molecule has 39 heavy (non-hydrogen) atoms. The Hall–Kier alpha value is -4.57. The van der Waals surface area contributed by atoms with Crippen LogP contribution in [0.15, 0.2) is 69.9 Å². The van der Waals surface area contributed by atoms with Gasteiger partial charge in [0.15, 0.2) is 11.5 Å². The van der Waals surface area contributed by atoms with Crippen LogP contribution in [0.2, 0.25) is 5.02 Å². The number of ether oxygens (including phenoxy) is 3. The minimum Gasteiger partial charge on any atom is -0.493 e. The number of hydrogen-bond donors (Lipinski definition) is 0. The number of non-ortho nitro benzene ring substituents is 1. The van der Waals surface area contributed by atoms with E-state index in [9.17, 15) is 19.7 Å². The lowest BCUT2D eigenvalue weighted by Gasteiger charge is -2.37. The van der Waals surface area contributed by atoms with Crippen molar-refractivity contribution in [3.8, 4) is 17.2 Å². The third-order valence-corrected chi connectivity index (χ3v) is 6.99. The average molecular weight is 551 g/mol. The molecule has 1 unspecified atom stereocenters. The zero-order valence-electron chi connectivity index (χ0n) is 21.0. The van der Waals surface area contributed by atoms with Crippen molar-refractivity contribution in [2.24, 2.45) is 0 Å². The van der Waals surface area contributed by atoms with Crippen LogP contribution in [0.25, 0.3) is 11.0 Å². The fourth-order valence-electron chi connectivity index (χ4n) is 4.77. The van der Waals surface area contributed by atoms with E-state index in [-0.39, 0.29) is 29.4 Å². The van der Waals surface area contributed by atoms with Crippen LogP contribution in [0, 0.1) is 10.1 Å². The summed E-state index contributed by atoms with van der Waals surface area (Å²) in [6.45, 7) is 0.250. The van der Waals surface area contributed by atoms with Gasteiger partial charge < -0.3 is 23.5 Å². The van der Waals surface area contributed by atoms with Crippen molar-refractivity contribution in [3.63, 3.8) is 0 Å². The lowest BCUT2D eigenvalue weighted by molar-refractivity contribution is -0.384. The van der Waals surface area contributed by atoms with Crippen molar-refractivity contribution >= 4 is 34.2 Å². The van der Waals surface area contributed by atoms with Crippen molar-refractivity contribution in [2.75, 3.05) is 27.4 Å². The second-order valence-electron chi connectivity index (χ2n) is 8.83. The van der Waals surface area contributed by atoms with E-state index in [1.165, 1.54) is 31.4 Å². The molecular formula is C28H23ClN2O8. The van der Waals surface area contributed by atoms with E-state index < -0.39 is 22.5 Å². The van der Waals surface area contributed by atoms with Crippen LogP contribution in [0.3, 0.4) is 0 Å². The second kappa shape index (κ2) is 10.7. The largest absolute Gasteiger partial charge is 0.493 e. The van der Waals surface area contributed by atoms with Gasteiger partial charge in [0, 0.05) is 18.7 Å². The molecule has 1 atom stereocenters. The van der Waals surface area contributed by atoms with Gasteiger partial charge in [-0.15, -0.1) is 0 Å². The minimum absolute atomic E-state index is 0.00518. The van der Waals surface area contributed by atoms with Crippen LogP contribution in [-0.2, 0) is 6.42 Å². The van der Waals surface area contributed by atoms with E-state index in [1.54, 1.807) is 42.3 Å². The molecule has 0 saturated carbocycles. The maximum absolute atomic E-state index is 13.8. The van der Waals surface area contributed by atoms with E-state index in [2.05, 4.69) is 0 Å². The number of methoxy groups -OCH3 is 2. The van der Waals surface area contributed by atoms with Crippen molar-refractivity contribution in [1.29, 1.82) is 0 Å². The van der Waals surface area contributed by atoms with Gasteiger partial charge in [-0.2, -0.15) is 0 Å². The Labute approximate surface area is 227 Å². The molecule has 4 aromatic rings. The standard InChI is InChI=1S/C28H23ClN2O8/c1-36-25-11-16-9-10-30(28(33)20-12-17(31(34)35)7-8-21(20)29)22(19(16)13-26(25)37-2)15-38-24-14-27(32)39-23-6-4-3-5-18(23)24/h3-8,11-14,22H,9-10,15H2,1-2H3. The highest BCUT2D eigenvalue weighted by Gasteiger charge is 2.35. The normalized spacial score (nSPS) is 14.5. The number of halogens is 1. The first-order valence-electron chi connectivity index (χ1n) is 12.0. The van der Waals surface area contributed by atoms with Crippen molar-refractivity contribution in [3.05, 3.63) is 103 Å². The molecule has 1 aromatic heterocycles. The summed E-state index contributed by atoms with van der Waals surface area (Å²) in [5.41, 5.74) is 1.23. The van der Waals surface area contributed by atoms with Crippen LogP contribution in [-0.4, -0.2) is 43.1 Å². The molecule has 11 heteroatoms. The molecule has 1 aliphatic rings. The van der Waals surface area contributed by atoms with Gasteiger partial charge in [0.2, 0.25) is 0 Å². The van der Waals surface area contributed by atoms with E-state index in [0.717, 1.165) is 11.1 Å². The van der Waals surface area contributed by atoms with Gasteiger partial charge in [0.1, 0.15) is 17.9 Å². The molecule has 200 valence electrons. The number of rotatable bonds is 7. The minimum atomic E-state index is -0.651. The molecule has 0 radical (unpaired) electrons. The highest BCUT2D eigenvalue weighted by atomic mass is 35.5. The molecule has 1 amide bonds. The van der Waals surface area contributed by atoms with Crippen molar-refractivity contribution in [2.45, 2.75) is 12.5 Å². The van der Waals surface area contributed by atoms with Gasteiger partial charge in [-0.05, 0) is 47.9 Å². The Morgan fingerprint density at radius 3 is 2.56 bits per heavy atom. The quantitative estimate of drug-likeness (QED) is 0.175. The molecule has 0 aliphatic carbocycles. The lowest BCUT2D eigenvalue weighted by Crippen LogP contribution is -2.42. The number of fused-ring (bicyclic) bond motifs is 2. The number of carbonyl (C=O) groups excluding carboxylic acids is 1. The van der Waals surface area contributed by atoms with Crippen LogP contribution >= 0.6 is 11.6 Å². The van der Waals surface area contributed by atoms with E-state index in [0.29, 0.717) is 34.6 Å². The van der Waals surface area contributed by atoms with Crippen LogP contribution in [0.4, 0.5) is 5.69 Å². The van der Waals surface area contributed by atoms with E-state index in [1.807, 2.05) is 6.07 Å². The van der Waals surface area contributed by atoms with Gasteiger partial charge in [-0.25, -0.2) is 4.79 Å². The summed E-state index contributed by atoms with van der Waals surface area (Å²) >= 11 is 6.32. The fourth-order valence-corrected chi connectivity index (χ4v) is 4.96. The highest BCUT2D eigenvalue weighted by molar-refractivity contribution is 6.34. The van der Waals surface area contributed by atoms with Crippen LogP contribution < -0.4 is 19.8 Å². The third-order valence-electron chi connectivity index (χ3n) is 6.66. The summed E-state index contributed by atoms with van der Waals surface area (Å²) in [6, 6.07) is 15.0. The molecule has 5 rings (SSSR count). The molecule has 0 saturated heterocycles. The van der Waals surface area contributed by atoms with Gasteiger partial charge >= 0.3 is 5.63 Å². The smallest absolute Gasteiger partial charge is 0.339 e. The number of nitro groups is 1. The Morgan fingerprint density at radius 1 is 1.08 bits per heavy atom. The predicted octanol–water partition coefficient (Wildman–Crippen LogP) is 5.19. The molecular weight excluding hydrogens is 528 g/mol. The summed E-state index contributed by atoms with van der Waals surface area (Å²) in [5.74, 6) is 0.823. The Kier molecular flexibility index (Phi) is 7.12. The summed E-state index contributed by atoms with van der Waals surface area (Å²) in [5, 5.41) is 12.1. The average Bonchev–Trinajstić information content (AvgIpc) is 2.94. The molecule has 0 bridgehead atoms. The molecule has 0 spiro atoms. The van der Waals surface area contributed by atoms with E-state index in [4.69, 9.17) is 30.2 Å². The zero-order chi connectivity index (χ0) is 27.7. The van der Waals surface area contributed by atoms with Gasteiger partial charge in [-0.1, -0.05) is 23.7 Å². The lowest BCUT2D eigenvalue weighted by atomic mass is 9.91. The summed E-state index contributed by atoms with van der Waals surface area (Å²) in [7, 11) is 3.06. The SMILES string of the molecule is COc1cc2c(cc1OC)C(COc1cc(=O)oc3ccccc13)N(C(=O)c1cc([N+](=O)[O-])ccc1Cl)CC2. The number of carbonyl (C=O) groups is 1. The van der Waals surface area contributed by atoms with Crippen molar-refractivity contribution in [1.82, 2.24) is 4.90 Å². The Balaban J connectivity index is 1.58. The molecule has 0 fully saturated rings. The van der Waals surface area contributed by atoms with E-state index >= 15 is 0 Å². The predicted molar refractivity (Wildman–Crippen MR) is 143 cm³/mol. The number of amides is 1. The topological polar surface area (TPSA) is 121 Å². The molecule has 1 aliphatic heterocycles. The number of nitro benzene ring substituents is 1. The Bertz CT molecular complexity index is 1650. The van der Waals surface area contributed by atoms with Crippen LogP contribution in [0.1, 0.15) is 27.5 Å². The maximum atomic E-state index is 13.8. The number of nitrogens with zero attached hydrogens (tertiary/aromatic N) is 2. The fraction of sp³-hybridized carbons (Fsp3) is 0.214. The number of hydrogen-bond acceptors (Lipinski definition) is 8. The molecule has 0 N–H and O–H groups in total. The summed E-state index contributed by atoms with van der Waals surface area (Å²) in [4.78, 5) is 38.3. The Morgan fingerprint density at radius 2 is 1.82 bits per heavy atom. The van der Waals surface area contributed by atoms with Crippen molar-refractivity contribution < 1.29 is 28.3 Å². The molecule has 10 nitrogen and oxygen atoms in total. The first kappa shape index (κ1) is 26.1. The van der Waals surface area contributed by atoms with Gasteiger partial charge in [0.25, 0.3) is 11.6 Å². The molecule has 3 aromatic carbocycles. The van der Waals surface area contributed by atoms with Crippen LogP contribution in [0.5, 0.6) is 17.2 Å². The second-order valence-corrected chi connectivity index (χ2v) is 9.24. The van der Waals surface area contributed by atoms with Gasteiger partial charge in [0.05, 0.1) is 47.2 Å². The van der Waals surface area contributed by atoms with Gasteiger partial charge in [-0.3, -0.25) is 14.9 Å². The number of para-hydroxylation sites is 1. The highest BCUT2D eigenvalue weighted by Crippen LogP contribution is 2.40. The first-order valence-corrected chi connectivity index (χ1v) is 12.3. The maximum Gasteiger partial charge on any atom is 0.339 e. The third kappa shape index (κ3) is 4.98. The summed E-state index contributed by atoms with van der Waals surface area (Å²) in [6.07, 6.45) is 0.488.